The highest BCUT2D eigenvalue weighted by Crippen LogP contribution is 2.30. The monoisotopic (exact) mass is 390 g/mol. The third-order valence-corrected chi connectivity index (χ3v) is 5.20. The zero-order valence-electron chi connectivity index (χ0n) is 13.0. The number of halogens is 2. The summed E-state index contributed by atoms with van der Waals surface area (Å²) < 4.78 is 18.6. The Bertz CT molecular complexity index is 701. The van der Waals surface area contributed by atoms with Crippen LogP contribution in [0.3, 0.4) is 0 Å². The summed E-state index contributed by atoms with van der Waals surface area (Å²) >= 11 is 8.55. The minimum atomic E-state index is -0.456. The van der Waals surface area contributed by atoms with Crippen molar-refractivity contribution in [3.05, 3.63) is 29.0 Å². The van der Waals surface area contributed by atoms with Crippen LogP contribution in [-0.2, 0) is 9.53 Å². The first-order valence-corrected chi connectivity index (χ1v) is 9.06. The summed E-state index contributed by atoms with van der Waals surface area (Å²) in [5, 5.41) is 14.2. The number of hydrogen-bond donors (Lipinski definition) is 2. The third kappa shape index (κ3) is 5.59. The van der Waals surface area contributed by atoms with Crippen molar-refractivity contribution < 1.29 is 13.9 Å². The number of carbonyl (C=O) groups excluding carboxylic acids is 1. The van der Waals surface area contributed by atoms with E-state index in [2.05, 4.69) is 20.8 Å². The molecule has 0 fully saturated rings. The summed E-state index contributed by atoms with van der Waals surface area (Å²) in [6, 6.07) is 3.81. The highest BCUT2D eigenvalue weighted by atomic mass is 35.5. The number of nitrogens with zero attached hydrogens (tertiary/aromatic N) is 2. The highest BCUT2D eigenvalue weighted by molar-refractivity contribution is 8.02. The molecule has 1 heterocycles. The zero-order chi connectivity index (χ0) is 17.5. The standard InChI is InChI=1S/C14H16ClFN4O2S2/c1-8(12(21)18-11-4-3-9(16)7-10(11)15)23-14-20-19-13(24-14)17-5-6-22-2/h3-4,7-8H,5-6H2,1-2H3,(H,17,19)(H,18,21)/t8-/m1/s1. The Balaban J connectivity index is 1.89. The number of rotatable bonds is 8. The number of carbonyl (C=O) groups is 1. The summed E-state index contributed by atoms with van der Waals surface area (Å²) in [7, 11) is 1.62. The first-order valence-electron chi connectivity index (χ1n) is 6.98. The molecule has 10 heteroatoms. The molecule has 2 aromatic rings. The lowest BCUT2D eigenvalue weighted by Gasteiger charge is -2.11. The fraction of sp³-hybridized carbons (Fsp3) is 0.357. The number of hydrogen-bond acceptors (Lipinski definition) is 7. The second-order valence-electron chi connectivity index (χ2n) is 4.67. The Morgan fingerprint density at radius 3 is 3.00 bits per heavy atom. The average molecular weight is 391 g/mol. The maximum atomic E-state index is 13.0. The van der Waals surface area contributed by atoms with Crippen molar-refractivity contribution in [3.63, 3.8) is 0 Å². The number of benzene rings is 1. The minimum absolute atomic E-state index is 0.154. The van der Waals surface area contributed by atoms with Gasteiger partial charge in [0, 0.05) is 13.7 Å². The SMILES string of the molecule is COCCNc1nnc(S[C@H](C)C(=O)Nc2ccc(F)cc2Cl)s1. The second-order valence-corrected chi connectivity index (χ2v) is 7.64. The molecule has 0 unspecified atom stereocenters. The summed E-state index contributed by atoms with van der Waals surface area (Å²) in [6.45, 7) is 2.95. The molecule has 2 N–H and O–H groups in total. The van der Waals surface area contributed by atoms with Gasteiger partial charge in [-0.2, -0.15) is 0 Å². The summed E-state index contributed by atoms with van der Waals surface area (Å²) in [6.07, 6.45) is 0. The van der Waals surface area contributed by atoms with E-state index in [1.807, 2.05) is 0 Å². The number of nitrogens with one attached hydrogen (secondary N) is 2. The fourth-order valence-corrected chi connectivity index (χ4v) is 3.75. The molecule has 6 nitrogen and oxygen atoms in total. The normalized spacial score (nSPS) is 12.0. The van der Waals surface area contributed by atoms with Crippen LogP contribution in [0.15, 0.2) is 22.5 Å². The molecule has 0 aliphatic rings. The molecule has 0 aliphatic heterocycles. The number of methoxy groups -OCH3 is 1. The van der Waals surface area contributed by atoms with E-state index in [9.17, 15) is 9.18 Å². The van der Waals surface area contributed by atoms with E-state index in [4.69, 9.17) is 16.3 Å². The van der Waals surface area contributed by atoms with Gasteiger partial charge in [-0.25, -0.2) is 4.39 Å². The van der Waals surface area contributed by atoms with Crippen LogP contribution in [0.5, 0.6) is 0 Å². The van der Waals surface area contributed by atoms with Crippen molar-refractivity contribution in [1.29, 1.82) is 0 Å². The first kappa shape index (κ1) is 18.9. The van der Waals surface area contributed by atoms with Crippen molar-refractivity contribution >= 4 is 51.4 Å². The van der Waals surface area contributed by atoms with Crippen molar-refractivity contribution in [1.82, 2.24) is 10.2 Å². The van der Waals surface area contributed by atoms with Gasteiger partial charge in [-0.15, -0.1) is 10.2 Å². The molecule has 0 aliphatic carbocycles. The molecular weight excluding hydrogens is 375 g/mol. The number of amides is 1. The van der Waals surface area contributed by atoms with Gasteiger partial charge < -0.3 is 15.4 Å². The number of aromatic nitrogens is 2. The van der Waals surface area contributed by atoms with Gasteiger partial charge in [0.25, 0.3) is 0 Å². The van der Waals surface area contributed by atoms with E-state index in [0.717, 1.165) is 6.07 Å². The molecule has 0 bridgehead atoms. The fourth-order valence-electron chi connectivity index (χ4n) is 1.62. The van der Waals surface area contributed by atoms with E-state index < -0.39 is 11.1 Å². The number of thioether (sulfide) groups is 1. The predicted octanol–water partition coefficient (Wildman–Crippen LogP) is 3.51. The third-order valence-electron chi connectivity index (χ3n) is 2.82. The van der Waals surface area contributed by atoms with Crippen molar-refractivity contribution in [2.45, 2.75) is 16.5 Å². The van der Waals surface area contributed by atoms with Crippen LogP contribution in [-0.4, -0.2) is 41.6 Å². The van der Waals surface area contributed by atoms with Gasteiger partial charge in [0.2, 0.25) is 11.0 Å². The van der Waals surface area contributed by atoms with Gasteiger partial charge >= 0.3 is 0 Å². The van der Waals surface area contributed by atoms with Crippen LogP contribution in [0.4, 0.5) is 15.2 Å². The topological polar surface area (TPSA) is 76.1 Å². The molecule has 1 aromatic heterocycles. The lowest BCUT2D eigenvalue weighted by Crippen LogP contribution is -2.22. The Morgan fingerprint density at radius 2 is 2.29 bits per heavy atom. The van der Waals surface area contributed by atoms with Gasteiger partial charge in [0.1, 0.15) is 5.82 Å². The maximum absolute atomic E-state index is 13.0. The molecule has 2 rings (SSSR count). The van der Waals surface area contributed by atoms with Crippen LogP contribution in [0, 0.1) is 5.82 Å². The Morgan fingerprint density at radius 1 is 1.50 bits per heavy atom. The quantitative estimate of drug-likeness (QED) is 0.530. The molecule has 130 valence electrons. The Labute approximate surface area is 152 Å². The maximum Gasteiger partial charge on any atom is 0.237 e. The van der Waals surface area contributed by atoms with E-state index in [1.54, 1.807) is 14.0 Å². The van der Waals surface area contributed by atoms with Crippen LogP contribution in [0.25, 0.3) is 0 Å². The number of anilines is 2. The second kappa shape index (κ2) is 9.16. The van der Waals surface area contributed by atoms with Crippen molar-refractivity contribution in [2.24, 2.45) is 0 Å². The molecule has 0 saturated heterocycles. The molecule has 24 heavy (non-hydrogen) atoms. The first-order chi connectivity index (χ1) is 11.5. The van der Waals surface area contributed by atoms with E-state index in [0.29, 0.717) is 28.3 Å². The van der Waals surface area contributed by atoms with Crippen molar-refractivity contribution in [2.75, 3.05) is 30.9 Å². The summed E-state index contributed by atoms with van der Waals surface area (Å²) in [5.41, 5.74) is 0.370. The van der Waals surface area contributed by atoms with Gasteiger partial charge in [0.15, 0.2) is 4.34 Å². The molecule has 1 atom stereocenters. The molecule has 0 spiro atoms. The van der Waals surface area contributed by atoms with E-state index in [-0.39, 0.29) is 10.9 Å². The Kier molecular flexibility index (Phi) is 7.22. The number of ether oxygens (including phenoxy) is 1. The van der Waals surface area contributed by atoms with Gasteiger partial charge in [0.05, 0.1) is 22.6 Å². The van der Waals surface area contributed by atoms with Crippen LogP contribution < -0.4 is 10.6 Å². The van der Waals surface area contributed by atoms with Crippen LogP contribution >= 0.6 is 34.7 Å². The highest BCUT2D eigenvalue weighted by Gasteiger charge is 2.18. The van der Waals surface area contributed by atoms with Crippen molar-refractivity contribution in [3.8, 4) is 0 Å². The van der Waals surface area contributed by atoms with E-state index >= 15 is 0 Å². The smallest absolute Gasteiger partial charge is 0.237 e. The molecule has 0 radical (unpaired) electrons. The molecule has 1 aromatic carbocycles. The summed E-state index contributed by atoms with van der Waals surface area (Å²) in [5.74, 6) is -0.708. The lowest BCUT2D eigenvalue weighted by atomic mass is 10.3. The van der Waals surface area contributed by atoms with Crippen LogP contribution in [0.1, 0.15) is 6.92 Å². The minimum Gasteiger partial charge on any atom is -0.383 e. The Hall–Kier alpha value is -1.42. The lowest BCUT2D eigenvalue weighted by molar-refractivity contribution is -0.115. The largest absolute Gasteiger partial charge is 0.383 e. The summed E-state index contributed by atoms with van der Waals surface area (Å²) in [4.78, 5) is 12.2. The van der Waals surface area contributed by atoms with E-state index in [1.165, 1.54) is 35.2 Å². The zero-order valence-corrected chi connectivity index (χ0v) is 15.4. The predicted molar refractivity (Wildman–Crippen MR) is 95.6 cm³/mol. The van der Waals surface area contributed by atoms with Gasteiger partial charge in [-0.1, -0.05) is 34.7 Å². The molecular formula is C14H16ClFN4O2S2. The average Bonchev–Trinajstić information content (AvgIpc) is 2.97. The van der Waals surface area contributed by atoms with Gasteiger partial charge in [-0.3, -0.25) is 4.79 Å². The van der Waals surface area contributed by atoms with Gasteiger partial charge in [-0.05, 0) is 25.1 Å². The molecule has 1 amide bonds. The van der Waals surface area contributed by atoms with Crippen LogP contribution in [0.2, 0.25) is 5.02 Å². The molecule has 0 saturated carbocycles.